The van der Waals surface area contributed by atoms with Gasteiger partial charge in [0.05, 0.1) is 11.2 Å². The number of carbonyl (C=O) groups is 2. The molecule has 0 spiro atoms. The minimum absolute atomic E-state index is 0.345. The number of esters is 1. The highest BCUT2D eigenvalue weighted by molar-refractivity contribution is 7.21. The molecule has 30 heavy (non-hydrogen) atoms. The van der Waals surface area contributed by atoms with Crippen LogP contribution in [0.25, 0.3) is 10.1 Å². The van der Waals surface area contributed by atoms with Gasteiger partial charge in [-0.15, -0.1) is 11.3 Å². The van der Waals surface area contributed by atoms with Crippen LogP contribution in [0.1, 0.15) is 25.6 Å². The van der Waals surface area contributed by atoms with Gasteiger partial charge in [-0.2, -0.15) is 5.10 Å². The van der Waals surface area contributed by atoms with Crippen LogP contribution in [0.3, 0.4) is 0 Å². The van der Waals surface area contributed by atoms with Gasteiger partial charge in [-0.25, -0.2) is 10.2 Å². The van der Waals surface area contributed by atoms with Crippen LogP contribution < -0.4 is 10.2 Å². The van der Waals surface area contributed by atoms with E-state index in [1.807, 2.05) is 24.3 Å². The fraction of sp³-hybridized carbons (Fsp3) is 0. The summed E-state index contributed by atoms with van der Waals surface area (Å²) in [6.07, 6.45) is 4.52. The predicted octanol–water partition coefficient (Wildman–Crippen LogP) is 4.93. The first kappa shape index (κ1) is 19.8. The fourth-order valence-corrected chi connectivity index (χ4v) is 4.08. The van der Waals surface area contributed by atoms with Crippen LogP contribution in [0, 0.1) is 0 Å². The minimum Gasteiger partial charge on any atom is -0.422 e. The van der Waals surface area contributed by atoms with Crippen LogP contribution in [-0.4, -0.2) is 23.1 Å². The van der Waals surface area contributed by atoms with Crippen LogP contribution in [0.4, 0.5) is 0 Å². The summed E-state index contributed by atoms with van der Waals surface area (Å²) in [4.78, 5) is 28.8. The summed E-state index contributed by atoms with van der Waals surface area (Å²) in [6.45, 7) is 0. The maximum Gasteiger partial charge on any atom is 0.355 e. The second-order valence-electron chi connectivity index (χ2n) is 6.14. The van der Waals surface area contributed by atoms with Gasteiger partial charge in [-0.05, 0) is 35.9 Å². The lowest BCUT2D eigenvalue weighted by Crippen LogP contribution is -2.17. The Bertz CT molecular complexity index is 1250. The highest BCUT2D eigenvalue weighted by Crippen LogP contribution is 2.35. The summed E-state index contributed by atoms with van der Waals surface area (Å²) >= 11 is 7.63. The lowest BCUT2D eigenvalue weighted by atomic mass is 10.2. The standard InChI is InChI=1S/C22H14ClN3O3S/c23-19-17-6-1-2-7-18(17)30-20(19)22(28)29-16-5-3-4-14(12-16)13-25-26-21(27)15-8-10-24-11-9-15/h1-13H,(H,26,27)/b25-13+. The third kappa shape index (κ3) is 4.37. The summed E-state index contributed by atoms with van der Waals surface area (Å²) in [5, 5.41) is 5.14. The molecule has 4 rings (SSSR count). The molecule has 0 atom stereocenters. The average molecular weight is 436 g/mol. The molecule has 0 bridgehead atoms. The molecule has 148 valence electrons. The number of amides is 1. The van der Waals surface area contributed by atoms with Gasteiger partial charge in [0, 0.05) is 28.0 Å². The van der Waals surface area contributed by atoms with E-state index in [-0.39, 0.29) is 5.91 Å². The summed E-state index contributed by atoms with van der Waals surface area (Å²) < 4.78 is 6.40. The largest absolute Gasteiger partial charge is 0.422 e. The van der Waals surface area contributed by atoms with Crippen LogP contribution >= 0.6 is 22.9 Å². The molecule has 1 N–H and O–H groups in total. The molecule has 6 nitrogen and oxygen atoms in total. The van der Waals surface area contributed by atoms with Crippen molar-refractivity contribution in [1.29, 1.82) is 0 Å². The van der Waals surface area contributed by atoms with Crippen LogP contribution in [0.5, 0.6) is 5.75 Å². The molecule has 0 radical (unpaired) electrons. The maximum atomic E-state index is 12.6. The first-order valence-electron chi connectivity index (χ1n) is 8.84. The molecule has 0 saturated heterocycles. The number of ether oxygens (including phenoxy) is 1. The molecular weight excluding hydrogens is 422 g/mol. The third-order valence-corrected chi connectivity index (χ3v) is 5.77. The first-order valence-corrected chi connectivity index (χ1v) is 10.0. The number of fused-ring (bicyclic) bond motifs is 1. The van der Waals surface area contributed by atoms with E-state index in [0.29, 0.717) is 26.8 Å². The lowest BCUT2D eigenvalue weighted by molar-refractivity contribution is 0.0740. The molecule has 0 aliphatic heterocycles. The highest BCUT2D eigenvalue weighted by atomic mass is 35.5. The van der Waals surface area contributed by atoms with Gasteiger partial charge in [-0.1, -0.05) is 41.9 Å². The van der Waals surface area contributed by atoms with Crippen molar-refractivity contribution in [1.82, 2.24) is 10.4 Å². The molecule has 0 fully saturated rings. The molecule has 8 heteroatoms. The zero-order valence-corrected chi connectivity index (χ0v) is 17.0. The number of pyridine rings is 1. The van der Waals surface area contributed by atoms with Crippen molar-refractivity contribution in [2.75, 3.05) is 0 Å². The van der Waals surface area contributed by atoms with Gasteiger partial charge in [0.25, 0.3) is 5.91 Å². The summed E-state index contributed by atoms with van der Waals surface area (Å²) in [5.41, 5.74) is 3.53. The molecule has 1 amide bonds. The Hall–Kier alpha value is -3.55. The van der Waals surface area contributed by atoms with Gasteiger partial charge < -0.3 is 4.74 Å². The van der Waals surface area contributed by atoms with E-state index in [1.165, 1.54) is 29.9 Å². The predicted molar refractivity (Wildman–Crippen MR) is 118 cm³/mol. The number of hydrazone groups is 1. The number of hydrogen-bond donors (Lipinski definition) is 1. The van der Waals surface area contributed by atoms with Gasteiger partial charge in [0.15, 0.2) is 0 Å². The Balaban J connectivity index is 1.44. The minimum atomic E-state index is -0.527. The van der Waals surface area contributed by atoms with Gasteiger partial charge in [-0.3, -0.25) is 9.78 Å². The summed E-state index contributed by atoms with van der Waals surface area (Å²) in [5.74, 6) is -0.533. The number of carbonyl (C=O) groups excluding carboxylic acids is 2. The van der Waals surface area contributed by atoms with Crippen molar-refractivity contribution in [3.63, 3.8) is 0 Å². The summed E-state index contributed by atoms with van der Waals surface area (Å²) in [6, 6.07) is 17.5. The van der Waals surface area contributed by atoms with Crippen molar-refractivity contribution in [3.8, 4) is 5.75 Å². The number of rotatable bonds is 5. The molecule has 4 aromatic rings. The quantitative estimate of drug-likeness (QED) is 0.208. The van der Waals surface area contributed by atoms with Crippen molar-refractivity contribution in [3.05, 3.63) is 94.1 Å². The van der Waals surface area contributed by atoms with Crippen LogP contribution in [-0.2, 0) is 0 Å². The average Bonchev–Trinajstić information content (AvgIpc) is 3.11. The van der Waals surface area contributed by atoms with E-state index in [9.17, 15) is 9.59 Å². The van der Waals surface area contributed by atoms with E-state index >= 15 is 0 Å². The smallest absolute Gasteiger partial charge is 0.355 e. The first-order chi connectivity index (χ1) is 14.6. The molecule has 0 aliphatic carbocycles. The van der Waals surface area contributed by atoms with Crippen molar-refractivity contribution in [2.24, 2.45) is 5.10 Å². The van der Waals surface area contributed by atoms with E-state index in [2.05, 4.69) is 15.5 Å². The zero-order valence-electron chi connectivity index (χ0n) is 15.4. The second-order valence-corrected chi connectivity index (χ2v) is 7.57. The number of hydrogen-bond acceptors (Lipinski definition) is 6. The topological polar surface area (TPSA) is 80.6 Å². The van der Waals surface area contributed by atoms with Gasteiger partial charge >= 0.3 is 5.97 Å². The highest BCUT2D eigenvalue weighted by Gasteiger charge is 2.19. The van der Waals surface area contributed by atoms with Crippen LogP contribution in [0.2, 0.25) is 5.02 Å². The molecule has 2 aromatic heterocycles. The third-order valence-electron chi connectivity index (χ3n) is 4.11. The lowest BCUT2D eigenvalue weighted by Gasteiger charge is -2.04. The second kappa shape index (κ2) is 8.86. The SMILES string of the molecule is O=C(N/N=C/c1cccc(OC(=O)c2sc3ccccc3c2Cl)c1)c1ccncc1. The van der Waals surface area contributed by atoms with E-state index < -0.39 is 5.97 Å². The number of halogens is 1. The molecule has 0 aliphatic rings. The molecular formula is C22H14ClN3O3S. The Kier molecular flexibility index (Phi) is 5.83. The number of thiophene rings is 1. The Morgan fingerprint density at radius 3 is 2.67 bits per heavy atom. The van der Waals surface area contributed by atoms with Crippen LogP contribution in [0.15, 0.2) is 78.2 Å². The Labute approximate surface area is 180 Å². The number of nitrogens with one attached hydrogen (secondary N) is 1. The number of aromatic nitrogens is 1. The monoisotopic (exact) mass is 435 g/mol. The summed E-state index contributed by atoms with van der Waals surface area (Å²) in [7, 11) is 0. The van der Waals surface area contributed by atoms with E-state index in [1.54, 1.807) is 36.4 Å². The van der Waals surface area contributed by atoms with Crippen molar-refractivity contribution in [2.45, 2.75) is 0 Å². The fourth-order valence-electron chi connectivity index (χ4n) is 2.69. The van der Waals surface area contributed by atoms with Crippen molar-refractivity contribution < 1.29 is 14.3 Å². The molecule has 0 unspecified atom stereocenters. The molecule has 2 heterocycles. The normalized spacial score (nSPS) is 11.0. The van der Waals surface area contributed by atoms with Gasteiger partial charge in [0.1, 0.15) is 10.6 Å². The van der Waals surface area contributed by atoms with Crippen molar-refractivity contribution >= 4 is 51.1 Å². The Morgan fingerprint density at radius 2 is 1.87 bits per heavy atom. The Morgan fingerprint density at radius 1 is 1.07 bits per heavy atom. The molecule has 2 aromatic carbocycles. The maximum absolute atomic E-state index is 12.6. The van der Waals surface area contributed by atoms with E-state index in [0.717, 1.165) is 10.1 Å². The zero-order chi connectivity index (χ0) is 20.9. The molecule has 0 saturated carbocycles. The number of benzene rings is 2. The van der Waals surface area contributed by atoms with Gasteiger partial charge in [0.2, 0.25) is 0 Å². The van der Waals surface area contributed by atoms with E-state index in [4.69, 9.17) is 16.3 Å². The number of nitrogens with zero attached hydrogens (tertiary/aromatic N) is 2.